The molecule has 3 aromatic rings. The largest absolute Gasteiger partial charge is 0.368 e. The van der Waals surface area contributed by atoms with Gasteiger partial charge in [-0.1, -0.05) is 60.9 Å². The lowest BCUT2D eigenvalue weighted by atomic mass is 9.92. The van der Waals surface area contributed by atoms with Crippen LogP contribution >= 0.6 is 11.8 Å². The van der Waals surface area contributed by atoms with Crippen molar-refractivity contribution in [3.63, 3.8) is 0 Å². The molecule has 2 saturated heterocycles. The third kappa shape index (κ3) is 6.40. The zero-order valence-corrected chi connectivity index (χ0v) is 26.8. The number of thioether (sulfide) groups is 1. The highest BCUT2D eigenvalue weighted by Crippen LogP contribution is 2.43. The minimum atomic E-state index is 0.0766. The minimum Gasteiger partial charge on any atom is -0.368 e. The molecular weight excluding hydrogens is 550 g/mol. The SMILES string of the molecule is Cc1ccc(C)c(CN2C(=O)/C(=C/c3ccc(C(=O)N4CCN(c5cc(C)ccc5C)CC4)cc3)SC3CCCCC32)c1. The van der Waals surface area contributed by atoms with Gasteiger partial charge in [0.15, 0.2) is 0 Å². The van der Waals surface area contributed by atoms with Crippen molar-refractivity contribution in [3.05, 3.63) is 105 Å². The van der Waals surface area contributed by atoms with Gasteiger partial charge in [-0.25, -0.2) is 0 Å². The van der Waals surface area contributed by atoms with E-state index in [1.807, 2.05) is 35.2 Å². The summed E-state index contributed by atoms with van der Waals surface area (Å²) in [7, 11) is 0. The molecule has 2 heterocycles. The van der Waals surface area contributed by atoms with E-state index in [2.05, 4.69) is 73.9 Å². The van der Waals surface area contributed by atoms with Gasteiger partial charge in [0.1, 0.15) is 0 Å². The molecule has 6 rings (SSSR count). The van der Waals surface area contributed by atoms with Crippen molar-refractivity contribution in [2.45, 2.75) is 71.2 Å². The maximum Gasteiger partial charge on any atom is 0.260 e. The van der Waals surface area contributed by atoms with Crippen LogP contribution in [0.15, 0.2) is 65.6 Å². The van der Waals surface area contributed by atoms with Gasteiger partial charge < -0.3 is 14.7 Å². The summed E-state index contributed by atoms with van der Waals surface area (Å²) in [5.74, 6) is 0.212. The molecule has 5 nitrogen and oxygen atoms in total. The normalized spacial score (nSPS) is 21.7. The third-order valence-electron chi connectivity index (χ3n) is 9.39. The monoisotopic (exact) mass is 593 g/mol. The van der Waals surface area contributed by atoms with Gasteiger partial charge in [0, 0.05) is 55.3 Å². The Morgan fingerprint density at radius 3 is 2.26 bits per heavy atom. The van der Waals surface area contributed by atoms with Crippen LogP contribution in [0.1, 0.15) is 69.4 Å². The summed E-state index contributed by atoms with van der Waals surface area (Å²) in [6.45, 7) is 12.3. The lowest BCUT2D eigenvalue weighted by Crippen LogP contribution is -2.50. The van der Waals surface area contributed by atoms with Gasteiger partial charge >= 0.3 is 0 Å². The number of anilines is 1. The Labute approximate surface area is 260 Å². The summed E-state index contributed by atoms with van der Waals surface area (Å²) in [6, 6.07) is 21.2. The predicted molar refractivity (Wildman–Crippen MR) is 179 cm³/mol. The summed E-state index contributed by atoms with van der Waals surface area (Å²) >= 11 is 1.76. The van der Waals surface area contributed by atoms with E-state index in [-0.39, 0.29) is 11.8 Å². The Balaban J connectivity index is 1.14. The van der Waals surface area contributed by atoms with Crippen LogP contribution in [0.4, 0.5) is 5.69 Å². The second-order valence-corrected chi connectivity index (χ2v) is 13.9. The Morgan fingerprint density at radius 2 is 1.51 bits per heavy atom. The first-order chi connectivity index (χ1) is 20.8. The zero-order valence-electron chi connectivity index (χ0n) is 25.9. The van der Waals surface area contributed by atoms with Crippen LogP contribution in [0.25, 0.3) is 6.08 Å². The van der Waals surface area contributed by atoms with Crippen LogP contribution in [0, 0.1) is 27.7 Å². The molecule has 0 radical (unpaired) electrons. The molecule has 2 aliphatic heterocycles. The van der Waals surface area contributed by atoms with Crippen molar-refractivity contribution in [2.24, 2.45) is 0 Å². The molecule has 3 fully saturated rings. The van der Waals surface area contributed by atoms with Crippen molar-refractivity contribution in [2.75, 3.05) is 31.1 Å². The quantitative estimate of drug-likeness (QED) is 0.291. The van der Waals surface area contributed by atoms with Crippen LogP contribution < -0.4 is 4.90 Å². The summed E-state index contributed by atoms with van der Waals surface area (Å²) in [5.41, 5.74) is 9.18. The molecule has 0 aromatic heterocycles. The molecule has 6 heteroatoms. The zero-order chi connectivity index (χ0) is 30.1. The van der Waals surface area contributed by atoms with Gasteiger partial charge in [-0.05, 0) is 92.6 Å². The Hall–Kier alpha value is -3.51. The number of carbonyl (C=O) groups excluding carboxylic acids is 2. The summed E-state index contributed by atoms with van der Waals surface area (Å²) in [5, 5.41) is 0.436. The van der Waals surface area contributed by atoms with Crippen LogP contribution in [0.5, 0.6) is 0 Å². The smallest absolute Gasteiger partial charge is 0.260 e. The van der Waals surface area contributed by atoms with Gasteiger partial charge in [-0.15, -0.1) is 11.8 Å². The van der Waals surface area contributed by atoms with Crippen LogP contribution in [0.2, 0.25) is 0 Å². The first-order valence-corrected chi connectivity index (χ1v) is 16.6. The van der Waals surface area contributed by atoms with E-state index in [0.717, 1.165) is 36.4 Å². The molecule has 2 atom stereocenters. The molecule has 2 amide bonds. The van der Waals surface area contributed by atoms with Crippen molar-refractivity contribution in [1.82, 2.24) is 9.80 Å². The first kappa shape index (κ1) is 29.6. The molecule has 1 saturated carbocycles. The van der Waals surface area contributed by atoms with Crippen LogP contribution in [-0.2, 0) is 11.3 Å². The van der Waals surface area contributed by atoms with Crippen LogP contribution in [-0.4, -0.2) is 59.1 Å². The number of fused-ring (bicyclic) bond motifs is 1. The number of aryl methyl sites for hydroxylation is 4. The molecule has 43 heavy (non-hydrogen) atoms. The molecule has 0 bridgehead atoms. The van der Waals surface area contributed by atoms with E-state index in [1.165, 1.54) is 46.3 Å². The highest BCUT2D eigenvalue weighted by atomic mass is 32.2. The number of benzene rings is 3. The molecule has 224 valence electrons. The maximum atomic E-state index is 13.9. The van der Waals surface area contributed by atoms with Crippen molar-refractivity contribution in [1.29, 1.82) is 0 Å². The molecule has 2 unspecified atom stereocenters. The Bertz CT molecular complexity index is 1540. The fourth-order valence-electron chi connectivity index (χ4n) is 6.78. The van der Waals surface area contributed by atoms with Crippen LogP contribution in [0.3, 0.4) is 0 Å². The van der Waals surface area contributed by atoms with E-state index < -0.39 is 0 Å². The number of amides is 2. The highest BCUT2D eigenvalue weighted by molar-refractivity contribution is 8.04. The van der Waals surface area contributed by atoms with Gasteiger partial charge in [-0.3, -0.25) is 9.59 Å². The lowest BCUT2D eigenvalue weighted by molar-refractivity contribution is -0.130. The van der Waals surface area contributed by atoms with E-state index in [1.54, 1.807) is 11.8 Å². The van der Waals surface area contributed by atoms with Gasteiger partial charge in [0.05, 0.1) is 4.91 Å². The predicted octanol–water partition coefficient (Wildman–Crippen LogP) is 7.31. The fraction of sp³-hybridized carbons (Fsp3) is 0.405. The fourth-order valence-corrected chi connectivity index (χ4v) is 8.26. The average molecular weight is 594 g/mol. The number of hydrogen-bond acceptors (Lipinski definition) is 4. The van der Waals surface area contributed by atoms with Crippen molar-refractivity contribution in [3.8, 4) is 0 Å². The highest BCUT2D eigenvalue weighted by Gasteiger charge is 2.40. The number of carbonyl (C=O) groups is 2. The number of piperazine rings is 1. The molecule has 0 spiro atoms. The van der Waals surface area contributed by atoms with E-state index in [0.29, 0.717) is 36.5 Å². The summed E-state index contributed by atoms with van der Waals surface area (Å²) in [6.07, 6.45) is 6.67. The Morgan fingerprint density at radius 1 is 0.837 bits per heavy atom. The number of rotatable bonds is 5. The van der Waals surface area contributed by atoms with E-state index in [9.17, 15) is 9.59 Å². The Kier molecular flexibility index (Phi) is 8.67. The molecular formula is C37H43N3O2S. The van der Waals surface area contributed by atoms with Crippen molar-refractivity contribution >= 4 is 35.3 Å². The third-order valence-corrected chi connectivity index (χ3v) is 10.8. The second-order valence-electron chi connectivity index (χ2n) is 12.6. The van der Waals surface area contributed by atoms with Gasteiger partial charge in [0.2, 0.25) is 0 Å². The minimum absolute atomic E-state index is 0.0766. The molecule has 0 N–H and O–H groups in total. The summed E-state index contributed by atoms with van der Waals surface area (Å²) in [4.78, 5) is 34.6. The number of nitrogens with zero attached hydrogens (tertiary/aromatic N) is 3. The second kappa shape index (κ2) is 12.6. The van der Waals surface area contributed by atoms with Crippen molar-refractivity contribution < 1.29 is 9.59 Å². The van der Waals surface area contributed by atoms with Gasteiger partial charge in [-0.2, -0.15) is 0 Å². The number of hydrogen-bond donors (Lipinski definition) is 0. The molecule has 1 aliphatic carbocycles. The standard InChI is InChI=1S/C37H43N3O2S/c1-25-9-11-27(3)31(21-25)24-40-32-7-5-6-8-34(32)43-35(37(40)42)23-29-13-15-30(16-14-29)36(41)39-19-17-38(18-20-39)33-22-26(2)10-12-28(33)4/h9-16,21-23,32,34H,5-8,17-20,24H2,1-4H3/b35-23-. The molecule has 3 aromatic carbocycles. The van der Waals surface area contributed by atoms with Gasteiger partial charge in [0.25, 0.3) is 11.8 Å². The lowest BCUT2D eigenvalue weighted by Gasteiger charge is -2.44. The first-order valence-electron chi connectivity index (χ1n) is 15.7. The van der Waals surface area contributed by atoms with E-state index >= 15 is 0 Å². The topological polar surface area (TPSA) is 43.9 Å². The van der Waals surface area contributed by atoms with E-state index in [4.69, 9.17) is 0 Å². The summed E-state index contributed by atoms with van der Waals surface area (Å²) < 4.78 is 0. The molecule has 3 aliphatic rings. The maximum absolute atomic E-state index is 13.9. The average Bonchev–Trinajstić information content (AvgIpc) is 3.02.